The highest BCUT2D eigenvalue weighted by Gasteiger charge is 2.15. The summed E-state index contributed by atoms with van der Waals surface area (Å²) in [6.45, 7) is 1.76. The van der Waals surface area contributed by atoms with E-state index in [1.165, 1.54) is 4.68 Å². The van der Waals surface area contributed by atoms with E-state index in [1.54, 1.807) is 20.0 Å². The van der Waals surface area contributed by atoms with Crippen LogP contribution in [-0.2, 0) is 13.5 Å². The second-order valence-electron chi connectivity index (χ2n) is 4.13. The molecule has 3 nitrogen and oxygen atoms in total. The van der Waals surface area contributed by atoms with Gasteiger partial charge in [0.05, 0.1) is 5.69 Å². The van der Waals surface area contributed by atoms with Crippen LogP contribution in [0.1, 0.15) is 21.7 Å². The lowest BCUT2D eigenvalue weighted by molar-refractivity contribution is 0.0983. The van der Waals surface area contributed by atoms with Crippen LogP contribution in [0, 0.1) is 18.6 Å². The summed E-state index contributed by atoms with van der Waals surface area (Å²) in [5.41, 5.74) is 1.15. The van der Waals surface area contributed by atoms with Gasteiger partial charge in [0, 0.05) is 13.5 Å². The van der Waals surface area contributed by atoms with Crippen LogP contribution < -0.4 is 0 Å². The van der Waals surface area contributed by atoms with Crippen molar-refractivity contribution in [3.63, 3.8) is 0 Å². The van der Waals surface area contributed by atoms with Gasteiger partial charge < -0.3 is 0 Å². The molecule has 5 heteroatoms. The van der Waals surface area contributed by atoms with Crippen molar-refractivity contribution in [1.29, 1.82) is 0 Å². The Hall–Kier alpha value is -2.04. The van der Waals surface area contributed by atoms with Crippen molar-refractivity contribution in [1.82, 2.24) is 9.78 Å². The second-order valence-corrected chi connectivity index (χ2v) is 4.13. The molecule has 0 saturated carbocycles. The van der Waals surface area contributed by atoms with Crippen molar-refractivity contribution >= 4 is 5.78 Å². The van der Waals surface area contributed by atoms with Crippen LogP contribution in [0.4, 0.5) is 8.78 Å². The third kappa shape index (κ3) is 2.45. The van der Waals surface area contributed by atoms with E-state index in [0.717, 1.165) is 18.2 Å². The first-order chi connectivity index (χ1) is 8.47. The van der Waals surface area contributed by atoms with Gasteiger partial charge in [-0.05, 0) is 36.8 Å². The van der Waals surface area contributed by atoms with Gasteiger partial charge in [-0.3, -0.25) is 9.48 Å². The summed E-state index contributed by atoms with van der Waals surface area (Å²) >= 11 is 0. The standard InChI is InChI=1S/C13H12F2N2O/c1-8-5-12(17(2)16-8)13(18)7-9-6-10(14)3-4-11(9)15/h3-6H,7H2,1-2H3. The van der Waals surface area contributed by atoms with Crippen LogP contribution in [0.2, 0.25) is 0 Å². The number of carbonyl (C=O) groups excluding carboxylic acids is 1. The van der Waals surface area contributed by atoms with Gasteiger partial charge in [-0.25, -0.2) is 8.78 Å². The number of benzene rings is 1. The molecule has 0 unspecified atom stereocenters. The molecule has 18 heavy (non-hydrogen) atoms. The maximum Gasteiger partial charge on any atom is 0.185 e. The molecular formula is C13H12F2N2O. The first-order valence-electron chi connectivity index (χ1n) is 5.45. The zero-order valence-electron chi connectivity index (χ0n) is 10.1. The number of hydrogen-bond donors (Lipinski definition) is 0. The Labute approximate surface area is 103 Å². The molecular weight excluding hydrogens is 238 g/mol. The number of aryl methyl sites for hydroxylation is 2. The fourth-order valence-corrected chi connectivity index (χ4v) is 1.81. The maximum atomic E-state index is 13.4. The Morgan fingerprint density at radius 2 is 2.06 bits per heavy atom. The summed E-state index contributed by atoms with van der Waals surface area (Å²) in [5.74, 6) is -1.42. The van der Waals surface area contributed by atoms with E-state index in [2.05, 4.69) is 5.10 Å². The van der Waals surface area contributed by atoms with E-state index in [1.807, 2.05) is 0 Å². The van der Waals surface area contributed by atoms with Crippen molar-refractivity contribution in [2.24, 2.45) is 7.05 Å². The van der Waals surface area contributed by atoms with Gasteiger partial charge in [0.25, 0.3) is 0 Å². The van der Waals surface area contributed by atoms with E-state index in [-0.39, 0.29) is 17.8 Å². The molecule has 0 radical (unpaired) electrons. The zero-order valence-corrected chi connectivity index (χ0v) is 10.1. The Morgan fingerprint density at radius 3 is 2.67 bits per heavy atom. The lowest BCUT2D eigenvalue weighted by atomic mass is 10.1. The Morgan fingerprint density at radius 1 is 1.33 bits per heavy atom. The predicted octanol–water partition coefficient (Wildman–Crippen LogP) is 2.43. The highest BCUT2D eigenvalue weighted by atomic mass is 19.1. The lowest BCUT2D eigenvalue weighted by Gasteiger charge is -2.03. The number of nitrogens with zero attached hydrogens (tertiary/aromatic N) is 2. The average molecular weight is 250 g/mol. The van der Waals surface area contributed by atoms with Crippen molar-refractivity contribution in [2.45, 2.75) is 13.3 Å². The fourth-order valence-electron chi connectivity index (χ4n) is 1.81. The number of carbonyl (C=O) groups is 1. The Balaban J connectivity index is 2.26. The molecule has 0 amide bonds. The van der Waals surface area contributed by atoms with Gasteiger partial charge in [-0.15, -0.1) is 0 Å². The molecule has 0 bridgehead atoms. The molecule has 0 aliphatic rings. The third-order valence-corrected chi connectivity index (χ3v) is 2.65. The number of rotatable bonds is 3. The summed E-state index contributed by atoms with van der Waals surface area (Å²) in [6, 6.07) is 4.71. The summed E-state index contributed by atoms with van der Waals surface area (Å²) in [6.07, 6.45) is -0.178. The number of ketones is 1. The van der Waals surface area contributed by atoms with Crippen molar-refractivity contribution in [3.05, 3.63) is 52.9 Å². The number of Topliss-reactive ketones (excluding diaryl/α,β-unsaturated/α-hetero) is 1. The largest absolute Gasteiger partial charge is 0.292 e. The van der Waals surface area contributed by atoms with Gasteiger partial charge in [-0.1, -0.05) is 0 Å². The minimum absolute atomic E-state index is 0.0545. The second kappa shape index (κ2) is 4.68. The first kappa shape index (κ1) is 12.4. The van der Waals surface area contributed by atoms with E-state index < -0.39 is 11.6 Å². The minimum atomic E-state index is -0.580. The molecule has 0 spiro atoms. The number of aromatic nitrogens is 2. The Bertz CT molecular complexity index is 605. The molecule has 0 atom stereocenters. The van der Waals surface area contributed by atoms with Gasteiger partial charge in [0.1, 0.15) is 17.3 Å². The third-order valence-electron chi connectivity index (χ3n) is 2.65. The van der Waals surface area contributed by atoms with Gasteiger partial charge in [0.2, 0.25) is 0 Å². The van der Waals surface area contributed by atoms with Crippen LogP contribution in [-0.4, -0.2) is 15.6 Å². The predicted molar refractivity (Wildman–Crippen MR) is 62.3 cm³/mol. The normalized spacial score (nSPS) is 10.7. The van der Waals surface area contributed by atoms with Crippen molar-refractivity contribution < 1.29 is 13.6 Å². The number of hydrogen-bond acceptors (Lipinski definition) is 2. The molecule has 0 aliphatic carbocycles. The molecule has 0 fully saturated rings. The van der Waals surface area contributed by atoms with Crippen LogP contribution in [0.25, 0.3) is 0 Å². The molecule has 2 rings (SSSR count). The summed E-state index contributed by atoms with van der Waals surface area (Å²) < 4.78 is 27.8. The highest BCUT2D eigenvalue weighted by Crippen LogP contribution is 2.13. The molecule has 0 aliphatic heterocycles. The van der Waals surface area contributed by atoms with Crippen LogP contribution >= 0.6 is 0 Å². The SMILES string of the molecule is Cc1cc(C(=O)Cc2cc(F)ccc2F)n(C)n1. The molecule has 1 aromatic carbocycles. The highest BCUT2D eigenvalue weighted by molar-refractivity contribution is 5.96. The van der Waals surface area contributed by atoms with E-state index in [9.17, 15) is 13.6 Å². The van der Waals surface area contributed by atoms with Crippen LogP contribution in [0.15, 0.2) is 24.3 Å². The first-order valence-corrected chi connectivity index (χ1v) is 5.45. The van der Waals surface area contributed by atoms with Gasteiger partial charge in [-0.2, -0.15) is 5.10 Å². The molecule has 0 saturated heterocycles. The Kier molecular flexibility index (Phi) is 3.23. The molecule has 2 aromatic rings. The smallest absolute Gasteiger partial charge is 0.185 e. The monoisotopic (exact) mass is 250 g/mol. The zero-order chi connectivity index (χ0) is 13.3. The van der Waals surface area contributed by atoms with Crippen molar-refractivity contribution in [2.75, 3.05) is 0 Å². The molecule has 0 N–H and O–H groups in total. The summed E-state index contributed by atoms with van der Waals surface area (Å²) in [7, 11) is 1.64. The van der Waals surface area contributed by atoms with Crippen LogP contribution in [0.5, 0.6) is 0 Å². The van der Waals surface area contributed by atoms with E-state index in [4.69, 9.17) is 0 Å². The van der Waals surface area contributed by atoms with E-state index in [0.29, 0.717) is 11.4 Å². The van der Waals surface area contributed by atoms with E-state index >= 15 is 0 Å². The quantitative estimate of drug-likeness (QED) is 0.784. The average Bonchev–Trinajstić information content (AvgIpc) is 2.63. The van der Waals surface area contributed by atoms with Crippen LogP contribution in [0.3, 0.4) is 0 Å². The maximum absolute atomic E-state index is 13.4. The molecule has 1 heterocycles. The van der Waals surface area contributed by atoms with Crippen molar-refractivity contribution in [3.8, 4) is 0 Å². The van der Waals surface area contributed by atoms with Gasteiger partial charge >= 0.3 is 0 Å². The minimum Gasteiger partial charge on any atom is -0.292 e. The number of halogens is 2. The lowest BCUT2D eigenvalue weighted by Crippen LogP contribution is -2.10. The topological polar surface area (TPSA) is 34.9 Å². The summed E-state index contributed by atoms with van der Waals surface area (Å²) in [4.78, 5) is 12.0. The van der Waals surface area contributed by atoms with Gasteiger partial charge in [0.15, 0.2) is 5.78 Å². The molecule has 1 aromatic heterocycles. The fraction of sp³-hybridized carbons (Fsp3) is 0.231. The molecule has 94 valence electrons. The summed E-state index contributed by atoms with van der Waals surface area (Å²) in [5, 5.41) is 4.04.